The highest BCUT2D eigenvalue weighted by Crippen LogP contribution is 2.18. The minimum atomic E-state index is 0.438. The number of rotatable bonds is 7. The Morgan fingerprint density at radius 2 is 1.47 bits per heavy atom. The summed E-state index contributed by atoms with van der Waals surface area (Å²) in [6.07, 6.45) is 3.93. The molecule has 2 atom stereocenters. The van der Waals surface area contributed by atoms with Gasteiger partial charge in [-0.1, -0.05) is 56.0 Å². The molecule has 0 aliphatic carbocycles. The maximum absolute atomic E-state index is 3.72. The van der Waals surface area contributed by atoms with Crippen molar-refractivity contribution in [1.82, 2.24) is 5.32 Å². The SMILES string of the molecule is Cc1cc(C)cc(C(C)NC(C)CCCC(C)C)c1. The summed E-state index contributed by atoms with van der Waals surface area (Å²) in [4.78, 5) is 0. The van der Waals surface area contributed by atoms with Crippen LogP contribution in [-0.2, 0) is 0 Å². The Hall–Kier alpha value is -0.820. The number of aryl methyl sites for hydroxylation is 2. The molecule has 1 heteroatoms. The fraction of sp³-hybridized carbons (Fsp3) is 0.667. The lowest BCUT2D eigenvalue weighted by Crippen LogP contribution is -2.29. The monoisotopic (exact) mass is 261 g/mol. The molecule has 19 heavy (non-hydrogen) atoms. The van der Waals surface area contributed by atoms with Crippen LogP contribution in [0.1, 0.15) is 69.7 Å². The topological polar surface area (TPSA) is 12.0 Å². The van der Waals surface area contributed by atoms with Crippen molar-refractivity contribution < 1.29 is 0 Å². The van der Waals surface area contributed by atoms with Crippen molar-refractivity contribution in [2.45, 2.75) is 72.9 Å². The average molecular weight is 261 g/mol. The van der Waals surface area contributed by atoms with Crippen LogP contribution in [0.3, 0.4) is 0 Å². The molecule has 1 nitrogen and oxygen atoms in total. The van der Waals surface area contributed by atoms with Gasteiger partial charge in [-0.3, -0.25) is 0 Å². The van der Waals surface area contributed by atoms with Gasteiger partial charge < -0.3 is 5.32 Å². The predicted octanol–water partition coefficient (Wildman–Crippen LogP) is 5.17. The summed E-state index contributed by atoms with van der Waals surface area (Å²) in [6, 6.07) is 7.86. The zero-order valence-corrected chi connectivity index (χ0v) is 13.6. The summed E-state index contributed by atoms with van der Waals surface area (Å²) < 4.78 is 0. The standard InChI is InChI=1S/C18H31N/c1-13(2)8-7-9-16(5)19-17(6)18-11-14(3)10-15(4)12-18/h10-13,16-17,19H,7-9H2,1-6H3. The Labute approximate surface area is 119 Å². The minimum Gasteiger partial charge on any atom is -0.308 e. The van der Waals surface area contributed by atoms with Gasteiger partial charge in [0.2, 0.25) is 0 Å². The van der Waals surface area contributed by atoms with E-state index in [4.69, 9.17) is 0 Å². The lowest BCUT2D eigenvalue weighted by Gasteiger charge is -2.21. The van der Waals surface area contributed by atoms with Crippen molar-refractivity contribution in [1.29, 1.82) is 0 Å². The fourth-order valence-electron chi connectivity index (χ4n) is 2.70. The normalized spacial score (nSPS) is 14.7. The van der Waals surface area contributed by atoms with Gasteiger partial charge in [-0.05, 0) is 45.6 Å². The molecule has 0 saturated heterocycles. The third kappa shape index (κ3) is 6.24. The van der Waals surface area contributed by atoms with Gasteiger partial charge in [0.25, 0.3) is 0 Å². The van der Waals surface area contributed by atoms with E-state index in [1.54, 1.807) is 0 Å². The van der Waals surface area contributed by atoms with Gasteiger partial charge in [0.05, 0.1) is 0 Å². The molecule has 0 aliphatic rings. The van der Waals surface area contributed by atoms with Gasteiger partial charge >= 0.3 is 0 Å². The van der Waals surface area contributed by atoms with Gasteiger partial charge in [0.1, 0.15) is 0 Å². The van der Waals surface area contributed by atoms with Gasteiger partial charge in [-0.15, -0.1) is 0 Å². The largest absolute Gasteiger partial charge is 0.308 e. The highest BCUT2D eigenvalue weighted by atomic mass is 14.9. The number of benzene rings is 1. The molecule has 1 rings (SSSR count). The maximum atomic E-state index is 3.72. The molecule has 0 saturated carbocycles. The molecule has 108 valence electrons. The van der Waals surface area contributed by atoms with E-state index in [9.17, 15) is 0 Å². The van der Waals surface area contributed by atoms with Crippen LogP contribution in [-0.4, -0.2) is 6.04 Å². The van der Waals surface area contributed by atoms with E-state index >= 15 is 0 Å². The van der Waals surface area contributed by atoms with E-state index in [1.807, 2.05) is 0 Å². The first-order valence-corrected chi connectivity index (χ1v) is 7.72. The molecule has 1 aromatic carbocycles. The van der Waals surface area contributed by atoms with Crippen molar-refractivity contribution >= 4 is 0 Å². The van der Waals surface area contributed by atoms with Crippen LogP contribution in [0, 0.1) is 19.8 Å². The van der Waals surface area contributed by atoms with Crippen LogP contribution < -0.4 is 5.32 Å². The number of hydrogen-bond acceptors (Lipinski definition) is 1. The Morgan fingerprint density at radius 3 is 2.00 bits per heavy atom. The number of nitrogens with one attached hydrogen (secondary N) is 1. The average Bonchev–Trinajstić information content (AvgIpc) is 2.26. The van der Waals surface area contributed by atoms with Crippen molar-refractivity contribution in [3.8, 4) is 0 Å². The first-order chi connectivity index (χ1) is 8.88. The van der Waals surface area contributed by atoms with E-state index in [0.29, 0.717) is 12.1 Å². The van der Waals surface area contributed by atoms with E-state index < -0.39 is 0 Å². The molecule has 1 aromatic rings. The summed E-state index contributed by atoms with van der Waals surface area (Å²) in [5.74, 6) is 0.823. The third-order valence-electron chi connectivity index (χ3n) is 3.70. The molecule has 0 spiro atoms. The summed E-state index contributed by atoms with van der Waals surface area (Å²) in [7, 11) is 0. The predicted molar refractivity (Wildman–Crippen MR) is 85.6 cm³/mol. The quantitative estimate of drug-likeness (QED) is 0.714. The molecule has 2 unspecified atom stereocenters. The maximum Gasteiger partial charge on any atom is 0.0294 e. The third-order valence-corrected chi connectivity index (χ3v) is 3.70. The van der Waals surface area contributed by atoms with E-state index in [0.717, 1.165) is 5.92 Å². The second kappa shape index (κ2) is 7.69. The molecular weight excluding hydrogens is 230 g/mol. The Kier molecular flexibility index (Phi) is 6.57. The molecule has 0 aliphatic heterocycles. The molecular formula is C18H31N. The first kappa shape index (κ1) is 16.2. The molecule has 1 N–H and O–H groups in total. The van der Waals surface area contributed by atoms with Crippen LogP contribution in [0.15, 0.2) is 18.2 Å². The van der Waals surface area contributed by atoms with Crippen LogP contribution in [0.2, 0.25) is 0 Å². The van der Waals surface area contributed by atoms with Gasteiger partial charge in [-0.25, -0.2) is 0 Å². The Bertz CT molecular complexity index is 361. The lowest BCUT2D eigenvalue weighted by atomic mass is 10.00. The molecule has 0 aromatic heterocycles. The number of hydrogen-bond donors (Lipinski definition) is 1. The lowest BCUT2D eigenvalue weighted by molar-refractivity contribution is 0.423. The minimum absolute atomic E-state index is 0.438. The van der Waals surface area contributed by atoms with Crippen LogP contribution in [0.25, 0.3) is 0 Å². The van der Waals surface area contributed by atoms with Crippen molar-refractivity contribution in [3.63, 3.8) is 0 Å². The molecule has 0 amide bonds. The van der Waals surface area contributed by atoms with E-state index in [1.165, 1.54) is 36.0 Å². The van der Waals surface area contributed by atoms with Crippen LogP contribution >= 0.6 is 0 Å². The van der Waals surface area contributed by atoms with Crippen molar-refractivity contribution in [3.05, 3.63) is 34.9 Å². The van der Waals surface area contributed by atoms with Crippen LogP contribution in [0.5, 0.6) is 0 Å². The van der Waals surface area contributed by atoms with Gasteiger partial charge in [0, 0.05) is 12.1 Å². The second-order valence-electron chi connectivity index (χ2n) is 6.54. The Balaban J connectivity index is 2.47. The van der Waals surface area contributed by atoms with E-state index in [-0.39, 0.29) is 0 Å². The van der Waals surface area contributed by atoms with Crippen molar-refractivity contribution in [2.75, 3.05) is 0 Å². The first-order valence-electron chi connectivity index (χ1n) is 7.72. The zero-order chi connectivity index (χ0) is 14.4. The molecule has 0 fully saturated rings. The van der Waals surface area contributed by atoms with E-state index in [2.05, 4.69) is 65.1 Å². The van der Waals surface area contributed by atoms with Crippen molar-refractivity contribution in [2.24, 2.45) is 5.92 Å². The van der Waals surface area contributed by atoms with Gasteiger partial charge in [-0.2, -0.15) is 0 Å². The van der Waals surface area contributed by atoms with Crippen LogP contribution in [0.4, 0.5) is 0 Å². The fourth-order valence-corrected chi connectivity index (χ4v) is 2.70. The highest BCUT2D eigenvalue weighted by molar-refractivity contribution is 5.30. The summed E-state index contributed by atoms with van der Waals surface area (Å²) >= 11 is 0. The molecule has 0 bridgehead atoms. The highest BCUT2D eigenvalue weighted by Gasteiger charge is 2.10. The Morgan fingerprint density at radius 1 is 0.895 bits per heavy atom. The molecule has 0 radical (unpaired) electrons. The second-order valence-corrected chi connectivity index (χ2v) is 6.54. The zero-order valence-electron chi connectivity index (χ0n) is 13.6. The van der Waals surface area contributed by atoms with Gasteiger partial charge in [0.15, 0.2) is 0 Å². The summed E-state index contributed by atoms with van der Waals surface area (Å²) in [5.41, 5.74) is 4.13. The summed E-state index contributed by atoms with van der Waals surface area (Å²) in [5, 5.41) is 3.72. The summed E-state index contributed by atoms with van der Waals surface area (Å²) in [6.45, 7) is 13.5. The smallest absolute Gasteiger partial charge is 0.0294 e. The molecule has 0 heterocycles.